The molecule has 3 atom stereocenters. The fraction of sp³-hybridized carbons (Fsp3) is 0.510. The molecule has 1 saturated heterocycles. The quantitative estimate of drug-likeness (QED) is 0.0675. The number of halogens is 6. The van der Waals surface area contributed by atoms with Crippen LogP contribution >= 0.6 is 0 Å². The molecule has 62 heavy (non-hydrogen) atoms. The minimum Gasteiger partial charge on any atom is -0.494 e. The summed E-state index contributed by atoms with van der Waals surface area (Å²) in [6.07, 6.45) is 15.3. The van der Waals surface area contributed by atoms with E-state index in [1.807, 2.05) is 24.3 Å². The Morgan fingerprint density at radius 2 is 1.39 bits per heavy atom. The summed E-state index contributed by atoms with van der Waals surface area (Å²) in [7, 11) is 0. The Kier molecular flexibility index (Phi) is 15.2. The van der Waals surface area contributed by atoms with Gasteiger partial charge in [0.1, 0.15) is 18.0 Å². The van der Waals surface area contributed by atoms with Crippen LogP contribution in [-0.4, -0.2) is 44.9 Å². The smallest absolute Gasteiger partial charge is 0.204 e. The van der Waals surface area contributed by atoms with Crippen LogP contribution in [0.4, 0.5) is 26.3 Å². The van der Waals surface area contributed by atoms with Crippen molar-refractivity contribution in [3.8, 4) is 23.0 Å². The first-order valence-electron chi connectivity index (χ1n) is 22.0. The Labute approximate surface area is 360 Å². The second kappa shape index (κ2) is 20.7. The van der Waals surface area contributed by atoms with Gasteiger partial charge in [-0.25, -0.2) is 8.78 Å². The van der Waals surface area contributed by atoms with E-state index >= 15 is 8.78 Å². The lowest BCUT2D eigenvalue weighted by atomic mass is 9.88. The Balaban J connectivity index is 0.810. The summed E-state index contributed by atoms with van der Waals surface area (Å²) in [4.78, 5) is 0. The Morgan fingerprint density at radius 3 is 2.08 bits per heavy atom. The first-order valence-corrected chi connectivity index (χ1v) is 22.0. The highest BCUT2D eigenvalue weighted by Crippen LogP contribution is 2.43. The first-order chi connectivity index (χ1) is 30.0. The van der Waals surface area contributed by atoms with Crippen molar-refractivity contribution >= 4 is 0 Å². The summed E-state index contributed by atoms with van der Waals surface area (Å²) < 4.78 is 130. The van der Waals surface area contributed by atoms with E-state index in [4.69, 9.17) is 33.2 Å². The average Bonchev–Trinajstić information content (AvgIpc) is 3.29. The number of hydrogen-bond acceptors (Lipinski definition) is 7. The number of ether oxygens (including phenoxy) is 7. The Hall–Kier alpha value is -4.62. The fourth-order valence-corrected chi connectivity index (χ4v) is 8.63. The number of aryl methyl sites for hydroxylation is 3. The molecule has 3 unspecified atom stereocenters. The van der Waals surface area contributed by atoms with Crippen LogP contribution in [0.1, 0.15) is 106 Å². The summed E-state index contributed by atoms with van der Waals surface area (Å²) >= 11 is 0. The predicted octanol–water partition coefficient (Wildman–Crippen LogP) is 12.2. The van der Waals surface area contributed by atoms with Gasteiger partial charge in [-0.1, -0.05) is 12.2 Å². The lowest BCUT2D eigenvalue weighted by Gasteiger charge is -2.40. The van der Waals surface area contributed by atoms with Crippen molar-refractivity contribution in [1.29, 1.82) is 0 Å². The van der Waals surface area contributed by atoms with Gasteiger partial charge in [-0.3, -0.25) is 0 Å². The highest BCUT2D eigenvalue weighted by molar-refractivity contribution is 5.46. The van der Waals surface area contributed by atoms with Crippen molar-refractivity contribution in [2.45, 2.75) is 115 Å². The monoisotopic (exact) mass is 870 g/mol. The lowest BCUT2D eigenvalue weighted by Crippen LogP contribution is -2.43. The lowest BCUT2D eigenvalue weighted by molar-refractivity contribution is -0.285. The van der Waals surface area contributed by atoms with Gasteiger partial charge in [0.25, 0.3) is 0 Å². The summed E-state index contributed by atoms with van der Waals surface area (Å²) in [5, 5.41) is 0. The van der Waals surface area contributed by atoms with Gasteiger partial charge in [0.15, 0.2) is 40.4 Å². The van der Waals surface area contributed by atoms with Crippen molar-refractivity contribution in [3.63, 3.8) is 0 Å². The minimum atomic E-state index is -1.22. The number of fused-ring (bicyclic) bond motifs is 2. The number of benzene rings is 3. The molecule has 0 saturated carbocycles. The number of rotatable bonds is 19. The predicted molar refractivity (Wildman–Crippen MR) is 221 cm³/mol. The van der Waals surface area contributed by atoms with E-state index < -0.39 is 46.8 Å². The Morgan fingerprint density at radius 1 is 0.726 bits per heavy atom. The number of allylic oxidation sites excluding steroid dienone is 2. The summed E-state index contributed by atoms with van der Waals surface area (Å²) in [6.45, 7) is 9.04. The molecule has 336 valence electrons. The average molecular weight is 871 g/mol. The van der Waals surface area contributed by atoms with Crippen molar-refractivity contribution < 1.29 is 59.5 Å². The molecular formula is C49H56F6O7. The molecule has 0 amide bonds. The van der Waals surface area contributed by atoms with Crippen LogP contribution in [0.2, 0.25) is 0 Å². The van der Waals surface area contributed by atoms with Gasteiger partial charge in [0.05, 0.1) is 33.0 Å². The van der Waals surface area contributed by atoms with E-state index in [0.29, 0.717) is 62.2 Å². The maximum atomic E-state index is 15.3. The van der Waals surface area contributed by atoms with Crippen LogP contribution in [0.25, 0.3) is 0 Å². The molecule has 3 aromatic carbocycles. The second-order valence-corrected chi connectivity index (χ2v) is 16.6. The standard InChI is InChI=1S/C49H56F6O7/c1-4-31-28-59-49(60-29-31,22-8-6-10-24-57-35-16-12-32(13-17-35)37-19-14-33-26-30(3)41(50)45(54)47(33)61-37)23-9-7-11-25-58-39-21-18-36(42(51)43(39)52)38-20-15-34-27-40(56-5-2)44(53)46(55)48(34)62-38/h4,12,16-18,21,26-27,31-32,37-38H,1,5-11,13-15,19-20,22-25,28-29H2,2-3H3. The van der Waals surface area contributed by atoms with Gasteiger partial charge in [0.2, 0.25) is 23.3 Å². The molecule has 0 N–H and O–H groups in total. The zero-order valence-corrected chi connectivity index (χ0v) is 35.5. The van der Waals surface area contributed by atoms with Crippen LogP contribution in [-0.2, 0) is 27.1 Å². The van der Waals surface area contributed by atoms with E-state index in [9.17, 15) is 17.6 Å². The van der Waals surface area contributed by atoms with Gasteiger partial charge in [-0.15, -0.1) is 6.58 Å². The van der Waals surface area contributed by atoms with E-state index in [-0.39, 0.29) is 72.6 Å². The minimum absolute atomic E-state index is 0.0376. The number of unbranched alkanes of at least 4 members (excludes halogenated alkanes) is 4. The zero-order valence-electron chi connectivity index (χ0n) is 35.5. The number of hydrogen-bond donors (Lipinski definition) is 0. The maximum absolute atomic E-state index is 15.3. The van der Waals surface area contributed by atoms with Crippen molar-refractivity contribution in [2.24, 2.45) is 11.8 Å². The van der Waals surface area contributed by atoms with Crippen molar-refractivity contribution in [1.82, 2.24) is 0 Å². The van der Waals surface area contributed by atoms with Gasteiger partial charge in [0, 0.05) is 35.8 Å². The molecule has 1 aliphatic carbocycles. The van der Waals surface area contributed by atoms with E-state index in [2.05, 4.69) is 6.58 Å². The zero-order chi connectivity index (χ0) is 43.8. The third-order valence-corrected chi connectivity index (χ3v) is 12.2. The van der Waals surface area contributed by atoms with Crippen molar-refractivity contribution in [3.05, 3.63) is 118 Å². The van der Waals surface area contributed by atoms with E-state index in [1.165, 1.54) is 18.2 Å². The van der Waals surface area contributed by atoms with Gasteiger partial charge < -0.3 is 33.2 Å². The maximum Gasteiger partial charge on any atom is 0.204 e. The fourth-order valence-electron chi connectivity index (χ4n) is 8.63. The molecule has 4 aliphatic rings. The molecule has 3 heterocycles. The normalized spacial score (nSPS) is 23.1. The van der Waals surface area contributed by atoms with Crippen LogP contribution in [0, 0.1) is 53.7 Å². The molecule has 13 heteroatoms. The molecule has 0 radical (unpaired) electrons. The first kappa shape index (κ1) is 45.4. The Bertz CT molecular complexity index is 2110. The highest BCUT2D eigenvalue weighted by Gasteiger charge is 2.37. The van der Waals surface area contributed by atoms with Gasteiger partial charge in [-0.2, -0.15) is 17.6 Å². The van der Waals surface area contributed by atoms with Crippen LogP contribution in [0.3, 0.4) is 0 Å². The third kappa shape index (κ3) is 10.4. The topological polar surface area (TPSA) is 64.6 Å². The van der Waals surface area contributed by atoms with Crippen LogP contribution in [0.5, 0.6) is 23.0 Å². The van der Waals surface area contributed by atoms with Crippen LogP contribution < -0.4 is 18.9 Å². The molecule has 7 nitrogen and oxygen atoms in total. The van der Waals surface area contributed by atoms with E-state index in [1.54, 1.807) is 19.9 Å². The highest BCUT2D eigenvalue weighted by atomic mass is 19.2. The second-order valence-electron chi connectivity index (χ2n) is 16.6. The molecule has 3 aliphatic heterocycles. The SMILES string of the molecule is C=CC1COC(CCCCCOC2=CCC(C3CCc4cc(C)c(F)c(F)c4O3)C=C2)(CCCCCOc2ccc(C3CCc4cc(OCC)c(F)c(F)c4O3)c(F)c2F)OC1. The summed E-state index contributed by atoms with van der Waals surface area (Å²) in [5.74, 6) is -6.96. The molecule has 0 bridgehead atoms. The van der Waals surface area contributed by atoms with E-state index in [0.717, 1.165) is 50.7 Å². The van der Waals surface area contributed by atoms with Crippen molar-refractivity contribution in [2.75, 3.05) is 33.0 Å². The largest absolute Gasteiger partial charge is 0.494 e. The van der Waals surface area contributed by atoms with Gasteiger partial charge in [-0.05, 0) is 132 Å². The summed E-state index contributed by atoms with van der Waals surface area (Å²) in [6, 6.07) is 5.75. The molecule has 1 fully saturated rings. The third-order valence-electron chi connectivity index (χ3n) is 12.2. The van der Waals surface area contributed by atoms with Gasteiger partial charge >= 0.3 is 0 Å². The molecular weight excluding hydrogens is 815 g/mol. The molecule has 0 aromatic heterocycles. The molecule has 3 aromatic rings. The van der Waals surface area contributed by atoms with Crippen LogP contribution in [0.15, 0.2) is 60.9 Å². The summed E-state index contributed by atoms with van der Waals surface area (Å²) in [5.41, 5.74) is 1.31. The molecule has 0 spiro atoms. The molecule has 7 rings (SSSR count).